The predicted molar refractivity (Wildman–Crippen MR) is 93.5 cm³/mol. The normalized spacial score (nSPS) is 24.8. The molecule has 2 aromatic carbocycles. The number of nitrogens with zero attached hydrogens (tertiary/aromatic N) is 1. The number of hydrogen-bond acceptors (Lipinski definition) is 2. The van der Waals surface area contributed by atoms with Gasteiger partial charge in [-0.1, -0.05) is 54.6 Å². The molecule has 4 rings (SSSR count). The molecule has 1 amide bonds. The van der Waals surface area contributed by atoms with E-state index in [4.69, 9.17) is 4.74 Å². The van der Waals surface area contributed by atoms with E-state index in [0.29, 0.717) is 6.61 Å². The maximum Gasteiger partial charge on any atom is 0.257 e. The largest absolute Gasteiger partial charge is 0.349 e. The SMILES string of the molecule is C=CCCC[C@@]12OC[C@@H](c3ccccc3)N1C(=O)c1ccccc12. The first-order valence-electron chi connectivity index (χ1n) is 8.51. The number of hydrogen-bond donors (Lipinski definition) is 0. The smallest absolute Gasteiger partial charge is 0.257 e. The van der Waals surface area contributed by atoms with E-state index < -0.39 is 5.72 Å². The molecule has 0 N–H and O–H groups in total. The molecule has 24 heavy (non-hydrogen) atoms. The lowest BCUT2D eigenvalue weighted by Gasteiger charge is -2.34. The summed E-state index contributed by atoms with van der Waals surface area (Å²) in [5, 5.41) is 0. The second-order valence-electron chi connectivity index (χ2n) is 6.42. The van der Waals surface area contributed by atoms with Crippen molar-refractivity contribution in [3.05, 3.63) is 83.9 Å². The molecule has 2 aromatic rings. The van der Waals surface area contributed by atoms with E-state index in [-0.39, 0.29) is 11.9 Å². The maximum atomic E-state index is 13.1. The van der Waals surface area contributed by atoms with Gasteiger partial charge in [0, 0.05) is 17.5 Å². The van der Waals surface area contributed by atoms with Crippen molar-refractivity contribution in [2.75, 3.05) is 6.61 Å². The van der Waals surface area contributed by atoms with Crippen molar-refractivity contribution in [3.8, 4) is 0 Å². The zero-order valence-electron chi connectivity index (χ0n) is 13.7. The van der Waals surface area contributed by atoms with Crippen LogP contribution in [-0.4, -0.2) is 17.4 Å². The molecule has 1 saturated heterocycles. The van der Waals surface area contributed by atoms with Gasteiger partial charge in [0.05, 0.1) is 12.6 Å². The summed E-state index contributed by atoms with van der Waals surface area (Å²) in [6, 6.07) is 18.0. The third kappa shape index (κ3) is 2.12. The maximum absolute atomic E-state index is 13.1. The van der Waals surface area contributed by atoms with Gasteiger partial charge in [0.25, 0.3) is 5.91 Å². The first kappa shape index (κ1) is 15.2. The topological polar surface area (TPSA) is 29.5 Å². The summed E-state index contributed by atoms with van der Waals surface area (Å²) >= 11 is 0. The van der Waals surface area contributed by atoms with Crippen LogP contribution in [0.25, 0.3) is 0 Å². The van der Waals surface area contributed by atoms with Gasteiger partial charge in [0.2, 0.25) is 0 Å². The van der Waals surface area contributed by atoms with Crippen LogP contribution in [0.4, 0.5) is 0 Å². The van der Waals surface area contributed by atoms with Crippen LogP contribution < -0.4 is 0 Å². The molecule has 122 valence electrons. The average molecular weight is 319 g/mol. The fourth-order valence-corrected chi connectivity index (χ4v) is 4.00. The van der Waals surface area contributed by atoms with Gasteiger partial charge in [0.1, 0.15) is 0 Å². The lowest BCUT2D eigenvalue weighted by atomic mass is 9.95. The van der Waals surface area contributed by atoms with Gasteiger partial charge in [-0.05, 0) is 24.5 Å². The van der Waals surface area contributed by atoms with Crippen LogP contribution in [0, 0.1) is 0 Å². The highest BCUT2D eigenvalue weighted by molar-refractivity contribution is 6.00. The Morgan fingerprint density at radius 1 is 1.17 bits per heavy atom. The van der Waals surface area contributed by atoms with Gasteiger partial charge in [-0.25, -0.2) is 0 Å². The summed E-state index contributed by atoms with van der Waals surface area (Å²) in [6.45, 7) is 4.35. The minimum absolute atomic E-state index is 0.0326. The minimum Gasteiger partial charge on any atom is -0.349 e. The Labute approximate surface area is 142 Å². The quantitative estimate of drug-likeness (QED) is 0.603. The molecular formula is C21H21NO2. The summed E-state index contributed by atoms with van der Waals surface area (Å²) in [6.07, 6.45) is 4.59. The zero-order chi connectivity index (χ0) is 16.6. The zero-order valence-corrected chi connectivity index (χ0v) is 13.7. The van der Waals surface area contributed by atoms with Crippen molar-refractivity contribution in [2.45, 2.75) is 31.0 Å². The molecule has 2 aliphatic heterocycles. The number of rotatable bonds is 5. The molecule has 0 bridgehead atoms. The highest BCUT2D eigenvalue weighted by Crippen LogP contribution is 2.52. The Morgan fingerprint density at radius 2 is 1.92 bits per heavy atom. The van der Waals surface area contributed by atoms with Crippen molar-refractivity contribution in [3.63, 3.8) is 0 Å². The number of amides is 1. The first-order valence-corrected chi connectivity index (χ1v) is 8.51. The standard InChI is InChI=1S/C21H21NO2/c1-2-3-9-14-21-18-13-8-7-12-17(18)20(23)22(21)19(15-24-21)16-10-5-4-6-11-16/h2,4-8,10-13,19H,1,3,9,14-15H2/t19-,21-/m0/s1. The average Bonchev–Trinajstić information content (AvgIpc) is 3.12. The molecule has 1 fully saturated rings. The molecule has 0 aliphatic carbocycles. The molecule has 2 atom stereocenters. The molecule has 2 heterocycles. The molecular weight excluding hydrogens is 298 g/mol. The molecule has 0 unspecified atom stereocenters. The number of unbranched alkanes of at least 4 members (excludes halogenated alkanes) is 1. The van der Waals surface area contributed by atoms with E-state index in [0.717, 1.165) is 36.0 Å². The van der Waals surface area contributed by atoms with Crippen molar-refractivity contribution in [1.29, 1.82) is 0 Å². The predicted octanol–water partition coefficient (Wildman–Crippen LogP) is 4.42. The number of fused-ring (bicyclic) bond motifs is 3. The highest BCUT2D eigenvalue weighted by Gasteiger charge is 2.57. The third-order valence-corrected chi connectivity index (χ3v) is 5.09. The van der Waals surface area contributed by atoms with Crippen LogP contribution in [0.3, 0.4) is 0 Å². The van der Waals surface area contributed by atoms with E-state index >= 15 is 0 Å². The summed E-state index contributed by atoms with van der Waals surface area (Å²) in [5.41, 5.74) is 2.29. The highest BCUT2D eigenvalue weighted by atomic mass is 16.5. The molecule has 2 aliphatic rings. The van der Waals surface area contributed by atoms with E-state index in [2.05, 4.69) is 18.7 Å². The van der Waals surface area contributed by atoms with Gasteiger partial charge in [0.15, 0.2) is 5.72 Å². The van der Waals surface area contributed by atoms with Crippen LogP contribution >= 0.6 is 0 Å². The lowest BCUT2D eigenvalue weighted by Crippen LogP contribution is -2.40. The monoisotopic (exact) mass is 319 g/mol. The molecule has 0 spiro atoms. The number of carbonyl (C=O) groups is 1. The van der Waals surface area contributed by atoms with Crippen molar-refractivity contribution in [2.24, 2.45) is 0 Å². The van der Waals surface area contributed by atoms with Crippen molar-refractivity contribution < 1.29 is 9.53 Å². The molecule has 3 nitrogen and oxygen atoms in total. The molecule has 3 heteroatoms. The number of benzene rings is 2. The Hall–Kier alpha value is -2.39. The van der Waals surface area contributed by atoms with E-state index in [9.17, 15) is 4.79 Å². The molecule has 0 aromatic heterocycles. The van der Waals surface area contributed by atoms with Crippen molar-refractivity contribution in [1.82, 2.24) is 4.90 Å². The third-order valence-electron chi connectivity index (χ3n) is 5.09. The number of carbonyl (C=O) groups excluding carboxylic acids is 1. The Morgan fingerprint density at radius 3 is 2.71 bits per heavy atom. The minimum atomic E-state index is -0.628. The van der Waals surface area contributed by atoms with Gasteiger partial charge in [-0.15, -0.1) is 6.58 Å². The summed E-state index contributed by atoms with van der Waals surface area (Å²) in [4.78, 5) is 15.1. The Kier molecular flexibility index (Phi) is 3.73. The Balaban J connectivity index is 1.78. The van der Waals surface area contributed by atoms with Crippen LogP contribution in [0.2, 0.25) is 0 Å². The fraction of sp³-hybridized carbons (Fsp3) is 0.286. The number of allylic oxidation sites excluding steroid dienone is 1. The van der Waals surface area contributed by atoms with E-state index in [1.54, 1.807) is 0 Å². The van der Waals surface area contributed by atoms with Crippen molar-refractivity contribution >= 4 is 5.91 Å². The second-order valence-corrected chi connectivity index (χ2v) is 6.42. The van der Waals surface area contributed by atoms with Crippen LogP contribution in [0.15, 0.2) is 67.3 Å². The fourth-order valence-electron chi connectivity index (χ4n) is 4.00. The summed E-state index contributed by atoms with van der Waals surface area (Å²) < 4.78 is 6.35. The second kappa shape index (κ2) is 5.91. The summed E-state index contributed by atoms with van der Waals surface area (Å²) in [5.74, 6) is 0.0792. The van der Waals surface area contributed by atoms with Gasteiger partial charge in [-0.3, -0.25) is 9.69 Å². The lowest BCUT2D eigenvalue weighted by molar-refractivity contribution is -0.0745. The Bertz CT molecular complexity index is 770. The van der Waals surface area contributed by atoms with Gasteiger partial charge in [-0.2, -0.15) is 0 Å². The summed E-state index contributed by atoms with van der Waals surface area (Å²) in [7, 11) is 0. The van der Waals surface area contributed by atoms with Crippen LogP contribution in [0.1, 0.15) is 46.8 Å². The van der Waals surface area contributed by atoms with Gasteiger partial charge >= 0.3 is 0 Å². The van der Waals surface area contributed by atoms with Crippen LogP contribution in [0.5, 0.6) is 0 Å². The van der Waals surface area contributed by atoms with Gasteiger partial charge < -0.3 is 4.74 Å². The van der Waals surface area contributed by atoms with Crippen LogP contribution in [-0.2, 0) is 10.5 Å². The first-order chi connectivity index (χ1) is 11.8. The number of ether oxygens (including phenoxy) is 1. The van der Waals surface area contributed by atoms with E-state index in [1.807, 2.05) is 53.4 Å². The van der Waals surface area contributed by atoms with E-state index in [1.165, 1.54) is 0 Å². The molecule has 0 radical (unpaired) electrons. The molecule has 0 saturated carbocycles.